The highest BCUT2D eigenvalue weighted by Gasteiger charge is 2.39. The monoisotopic (exact) mass is 505 g/mol. The number of quaternary nitrogens is 1. The second-order valence-electron chi connectivity index (χ2n) is 8.72. The third kappa shape index (κ3) is 9.03. The molecule has 0 saturated carbocycles. The molecule has 2 aromatic carbocycles. The molecule has 0 radical (unpaired) electrons. The van der Waals surface area contributed by atoms with Crippen molar-refractivity contribution in [3.63, 3.8) is 0 Å². The summed E-state index contributed by atoms with van der Waals surface area (Å²) in [4.78, 5) is 50.1. The van der Waals surface area contributed by atoms with Gasteiger partial charge in [0.05, 0.1) is 28.5 Å². The van der Waals surface area contributed by atoms with Gasteiger partial charge in [0, 0.05) is 0 Å². The summed E-state index contributed by atoms with van der Waals surface area (Å²) in [5.74, 6) is -5.35. The van der Waals surface area contributed by atoms with Crippen molar-refractivity contribution >= 4 is 35.5 Å². The highest BCUT2D eigenvalue weighted by Crippen LogP contribution is 2.15. The van der Waals surface area contributed by atoms with Crippen LogP contribution >= 0.6 is 11.6 Å². The number of alkyl halides is 1. The molecule has 0 heterocycles. The van der Waals surface area contributed by atoms with Gasteiger partial charge in [-0.3, -0.25) is 0 Å². The van der Waals surface area contributed by atoms with Crippen molar-refractivity contribution in [1.29, 1.82) is 0 Å². The Bertz CT molecular complexity index is 1010. The molecule has 2 rings (SSSR count). The summed E-state index contributed by atoms with van der Waals surface area (Å²) >= 11 is 5.93. The zero-order valence-corrected chi connectivity index (χ0v) is 20.4. The van der Waals surface area contributed by atoms with Gasteiger partial charge in [-0.05, 0) is 45.0 Å². The number of carboxylic acid groups (broad SMARTS) is 1. The summed E-state index contributed by atoms with van der Waals surface area (Å²) in [6.45, 7) is 6.09. The first kappa shape index (κ1) is 27.8. The first-order valence-electron chi connectivity index (χ1n) is 10.9. The van der Waals surface area contributed by atoms with Gasteiger partial charge in [-0.15, -0.1) is 11.6 Å². The molecule has 0 unspecified atom stereocenters. The minimum atomic E-state index is -2.27. The number of carbonyl (C=O) groups is 4. The van der Waals surface area contributed by atoms with Crippen molar-refractivity contribution in [2.45, 2.75) is 44.6 Å². The largest absolute Gasteiger partial charge is 0.546 e. The van der Waals surface area contributed by atoms with Gasteiger partial charge < -0.3 is 29.4 Å². The molecule has 188 valence electrons. The lowest BCUT2D eigenvalue weighted by atomic mass is 10.1. The number of nitrogens with two attached hydrogens (primary N) is 1. The summed E-state index contributed by atoms with van der Waals surface area (Å²) in [6.07, 6.45) is -5.25. The van der Waals surface area contributed by atoms with Crippen LogP contribution in [-0.4, -0.2) is 60.2 Å². The van der Waals surface area contributed by atoms with Crippen molar-refractivity contribution in [1.82, 2.24) is 0 Å². The first-order valence-corrected chi connectivity index (χ1v) is 11.4. The molecule has 0 saturated heterocycles. The Morgan fingerprint density at radius 1 is 0.829 bits per heavy atom. The Labute approximate surface area is 208 Å². The summed E-state index contributed by atoms with van der Waals surface area (Å²) in [5, 5.41) is 13.8. The van der Waals surface area contributed by atoms with Crippen LogP contribution in [0.1, 0.15) is 41.5 Å². The molecular weight excluding hydrogens is 478 g/mol. The van der Waals surface area contributed by atoms with Gasteiger partial charge in [0.1, 0.15) is 6.54 Å². The highest BCUT2D eigenvalue weighted by atomic mass is 35.5. The van der Waals surface area contributed by atoms with Crippen LogP contribution in [0.4, 0.5) is 0 Å². The van der Waals surface area contributed by atoms with Crippen molar-refractivity contribution in [2.75, 3.05) is 12.4 Å². The third-order valence-electron chi connectivity index (χ3n) is 4.67. The van der Waals surface area contributed by atoms with E-state index in [0.717, 1.165) is 0 Å². The van der Waals surface area contributed by atoms with Gasteiger partial charge in [-0.1, -0.05) is 36.4 Å². The summed E-state index contributed by atoms with van der Waals surface area (Å²) in [7, 11) is 0. The van der Waals surface area contributed by atoms with Crippen LogP contribution in [0.3, 0.4) is 0 Å². The Morgan fingerprint density at radius 3 is 1.69 bits per heavy atom. The lowest BCUT2D eigenvalue weighted by molar-refractivity contribution is -0.721. The molecule has 10 heteroatoms. The van der Waals surface area contributed by atoms with E-state index in [1.807, 2.05) is 26.1 Å². The number of hydrogen-bond donors (Lipinski definition) is 1. The second kappa shape index (κ2) is 12.9. The fourth-order valence-corrected chi connectivity index (χ4v) is 3.03. The van der Waals surface area contributed by atoms with E-state index >= 15 is 0 Å². The van der Waals surface area contributed by atoms with E-state index in [1.165, 1.54) is 24.3 Å². The van der Waals surface area contributed by atoms with Crippen molar-refractivity contribution < 1.29 is 43.8 Å². The Morgan fingerprint density at radius 2 is 1.29 bits per heavy atom. The molecule has 0 spiro atoms. The third-order valence-corrected chi connectivity index (χ3v) is 5.02. The van der Waals surface area contributed by atoms with Gasteiger partial charge in [-0.25, -0.2) is 14.4 Å². The molecule has 0 fully saturated rings. The number of aliphatic carboxylic acids is 1. The first-order chi connectivity index (χ1) is 16.5. The van der Waals surface area contributed by atoms with E-state index in [4.69, 9.17) is 25.8 Å². The number of halogens is 1. The zero-order chi connectivity index (χ0) is 26.0. The topological polar surface area (TPSA) is 136 Å². The molecule has 2 N–H and O–H groups in total. The van der Waals surface area contributed by atoms with E-state index in [0.29, 0.717) is 0 Å². The van der Waals surface area contributed by atoms with Crippen LogP contribution in [0, 0.1) is 0 Å². The lowest BCUT2D eigenvalue weighted by Gasteiger charge is -2.28. The smallest absolute Gasteiger partial charge is 0.352 e. The van der Waals surface area contributed by atoms with Crippen molar-refractivity contribution in [2.24, 2.45) is 0 Å². The second-order valence-corrected chi connectivity index (χ2v) is 9.03. The highest BCUT2D eigenvalue weighted by molar-refractivity contribution is 6.18. The van der Waals surface area contributed by atoms with E-state index < -0.39 is 42.2 Å². The number of carbonyl (C=O) groups excluding carboxylic acids is 4. The average Bonchev–Trinajstić information content (AvgIpc) is 2.83. The van der Waals surface area contributed by atoms with Gasteiger partial charge in [-0.2, -0.15) is 0 Å². The maximum Gasteiger partial charge on any atom is 0.352 e. The van der Waals surface area contributed by atoms with Crippen LogP contribution in [0.5, 0.6) is 0 Å². The van der Waals surface area contributed by atoms with E-state index in [9.17, 15) is 24.3 Å². The summed E-state index contributed by atoms with van der Waals surface area (Å²) < 4.78 is 15.6. The van der Waals surface area contributed by atoms with Gasteiger partial charge in [0.25, 0.3) is 0 Å². The fourth-order valence-electron chi connectivity index (χ4n) is 2.84. The van der Waals surface area contributed by atoms with Crippen molar-refractivity contribution in [3.8, 4) is 0 Å². The molecule has 0 aliphatic heterocycles. The van der Waals surface area contributed by atoms with Crippen LogP contribution in [-0.2, 0) is 23.8 Å². The van der Waals surface area contributed by atoms with E-state index in [-0.39, 0.29) is 29.1 Å². The molecule has 3 atom stereocenters. The number of rotatable bonds is 11. The SMILES string of the molecule is CC(C)(C)[NH2+]C[C@@H](CCl)OC(=O)[C@H](OC(=O)c1ccccc1)[C@H](OC(=O)c1ccccc1)C(=O)[O-]. The molecule has 0 aliphatic rings. The predicted octanol–water partition coefficient (Wildman–Crippen LogP) is 0.700. The van der Waals surface area contributed by atoms with Crippen LogP contribution in [0.2, 0.25) is 0 Å². The van der Waals surface area contributed by atoms with Gasteiger partial charge in [0.15, 0.2) is 12.2 Å². The van der Waals surface area contributed by atoms with E-state index in [2.05, 4.69) is 0 Å². The Balaban J connectivity index is 2.30. The molecule has 35 heavy (non-hydrogen) atoms. The maximum absolute atomic E-state index is 13.0. The van der Waals surface area contributed by atoms with Crippen LogP contribution in [0.15, 0.2) is 60.7 Å². The maximum atomic E-state index is 13.0. The molecule has 9 nitrogen and oxygen atoms in total. The summed E-state index contributed by atoms with van der Waals surface area (Å²) in [6, 6.07) is 15.1. The van der Waals surface area contributed by atoms with Crippen LogP contribution < -0.4 is 10.4 Å². The molecule has 0 amide bonds. The quantitative estimate of drug-likeness (QED) is 0.268. The van der Waals surface area contributed by atoms with Gasteiger partial charge in [0.2, 0.25) is 6.10 Å². The number of esters is 3. The van der Waals surface area contributed by atoms with Gasteiger partial charge >= 0.3 is 17.9 Å². The molecule has 0 aliphatic carbocycles. The Hall–Kier alpha value is -3.43. The number of carboxylic acids is 1. The predicted molar refractivity (Wildman–Crippen MR) is 123 cm³/mol. The summed E-state index contributed by atoms with van der Waals surface area (Å²) in [5.41, 5.74) is -0.125. The molecule has 0 bridgehead atoms. The van der Waals surface area contributed by atoms with E-state index in [1.54, 1.807) is 36.4 Å². The minimum absolute atomic E-state index is 0.0265. The number of hydrogen-bond acceptors (Lipinski definition) is 8. The number of benzene rings is 2. The fraction of sp³-hybridized carbons (Fsp3) is 0.360. The zero-order valence-electron chi connectivity index (χ0n) is 19.6. The average molecular weight is 506 g/mol. The molecular formula is C25H28ClNO8. The minimum Gasteiger partial charge on any atom is -0.546 e. The van der Waals surface area contributed by atoms with Crippen LogP contribution in [0.25, 0.3) is 0 Å². The molecule has 2 aromatic rings. The van der Waals surface area contributed by atoms with Crippen molar-refractivity contribution in [3.05, 3.63) is 71.8 Å². The Kier molecular flexibility index (Phi) is 10.2. The normalized spacial score (nSPS) is 13.7. The number of ether oxygens (including phenoxy) is 3. The lowest BCUT2D eigenvalue weighted by Crippen LogP contribution is -2.96. The molecule has 0 aromatic heterocycles. The standard InChI is InChI=1S/C25H28ClNO8/c1-25(2,3)27-15-18(14-26)33-24(32)20(35-23(31)17-12-8-5-9-13-17)19(21(28)29)34-22(30)16-10-6-4-7-11-16/h4-13,18-20,27H,14-15H2,1-3H3,(H,28,29)/t18-,19+,20-/m1/s1.